The Bertz CT molecular complexity index is 964. The summed E-state index contributed by atoms with van der Waals surface area (Å²) in [4.78, 5) is 43.1. The topological polar surface area (TPSA) is 130 Å². The van der Waals surface area contributed by atoms with Gasteiger partial charge in [-0.05, 0) is 12.1 Å². The van der Waals surface area contributed by atoms with Gasteiger partial charge in [-0.2, -0.15) is 0 Å². The zero-order valence-corrected chi connectivity index (χ0v) is 14.7. The molecule has 0 amide bonds. The van der Waals surface area contributed by atoms with E-state index in [1.54, 1.807) is 6.07 Å². The lowest BCUT2D eigenvalue weighted by Gasteiger charge is -2.31. The molecule has 0 N–H and O–H groups in total. The van der Waals surface area contributed by atoms with Gasteiger partial charge < -0.3 is 14.2 Å². The second kappa shape index (κ2) is 6.63. The number of carbonyl (C=O) groups excluding carboxylic acids is 2. The van der Waals surface area contributed by atoms with Crippen LogP contribution in [0.4, 0.5) is 11.4 Å². The number of aromatic nitrogens is 1. The minimum absolute atomic E-state index is 0.0254. The van der Waals surface area contributed by atoms with Crippen LogP contribution in [0.25, 0.3) is 10.9 Å². The molecule has 1 saturated heterocycles. The number of nitrogens with zero attached hydrogens (tertiary/aromatic N) is 3. The van der Waals surface area contributed by atoms with Gasteiger partial charge in [0.1, 0.15) is 5.52 Å². The van der Waals surface area contributed by atoms with Crippen LogP contribution in [-0.2, 0) is 19.1 Å². The molecule has 0 saturated carbocycles. The first kappa shape index (κ1) is 18.2. The lowest BCUT2D eigenvalue weighted by molar-refractivity contribution is -0.383. The van der Waals surface area contributed by atoms with Gasteiger partial charge in [-0.1, -0.05) is 0 Å². The number of nitro groups is 1. The second-order valence-corrected chi connectivity index (χ2v) is 6.10. The molecule has 0 bridgehead atoms. The minimum atomic E-state index is -1.35. The summed E-state index contributed by atoms with van der Waals surface area (Å²) < 4.78 is 15.1. The summed E-state index contributed by atoms with van der Waals surface area (Å²) in [7, 11) is 1.29. The van der Waals surface area contributed by atoms with Gasteiger partial charge in [0.05, 0.1) is 23.1 Å². The fourth-order valence-electron chi connectivity index (χ4n) is 2.64. The summed E-state index contributed by atoms with van der Waals surface area (Å²) in [5.41, 5.74) is 0.162. The van der Waals surface area contributed by atoms with Crippen LogP contribution >= 0.6 is 0 Å². The van der Waals surface area contributed by atoms with Crippen molar-refractivity contribution < 1.29 is 28.7 Å². The Morgan fingerprint density at radius 2 is 2.00 bits per heavy atom. The monoisotopic (exact) mass is 373 g/mol. The summed E-state index contributed by atoms with van der Waals surface area (Å²) in [6.45, 7) is 2.88. The van der Waals surface area contributed by atoms with Crippen molar-refractivity contribution in [2.45, 2.75) is 19.6 Å². The van der Waals surface area contributed by atoms with Crippen LogP contribution in [0, 0.1) is 16.0 Å². The van der Waals surface area contributed by atoms with E-state index in [0.29, 0.717) is 0 Å². The first-order chi connectivity index (χ1) is 12.7. The maximum atomic E-state index is 12.0. The molecule has 0 unspecified atom stereocenters. The van der Waals surface area contributed by atoms with Crippen molar-refractivity contribution in [1.82, 2.24) is 4.98 Å². The molecule has 1 aliphatic rings. The molecule has 27 heavy (non-hydrogen) atoms. The van der Waals surface area contributed by atoms with E-state index in [1.165, 1.54) is 39.3 Å². The Morgan fingerprint density at radius 1 is 1.33 bits per heavy atom. The van der Waals surface area contributed by atoms with E-state index in [-0.39, 0.29) is 28.0 Å². The number of esters is 2. The van der Waals surface area contributed by atoms with Crippen molar-refractivity contribution in [1.29, 1.82) is 0 Å². The molecule has 1 aliphatic heterocycles. The lowest BCUT2D eigenvalue weighted by atomic mass is 10.1. The van der Waals surface area contributed by atoms with Crippen LogP contribution in [0.3, 0.4) is 0 Å². The number of fused-ring (bicyclic) bond motifs is 1. The third-order valence-corrected chi connectivity index (χ3v) is 3.77. The van der Waals surface area contributed by atoms with E-state index >= 15 is 0 Å². The zero-order valence-electron chi connectivity index (χ0n) is 14.7. The Hall–Kier alpha value is -3.56. The molecule has 1 fully saturated rings. The molecule has 10 heteroatoms. The number of nitro benzene ring substituents is 1. The minimum Gasteiger partial charge on any atom is -0.490 e. The van der Waals surface area contributed by atoms with Crippen LogP contribution in [0.5, 0.6) is 5.75 Å². The number of cyclic esters (lactones) is 2. The highest BCUT2D eigenvalue weighted by atomic mass is 16.7. The van der Waals surface area contributed by atoms with E-state index in [1.807, 2.05) is 0 Å². The van der Waals surface area contributed by atoms with Crippen molar-refractivity contribution in [2.75, 3.05) is 7.11 Å². The number of hydrogen-bond donors (Lipinski definition) is 0. The molecule has 140 valence electrons. The zero-order chi connectivity index (χ0) is 19.8. The van der Waals surface area contributed by atoms with Crippen LogP contribution in [0.1, 0.15) is 13.8 Å². The highest BCUT2D eigenvalue weighted by Gasteiger charge is 2.42. The molecule has 1 aromatic heterocycles. The van der Waals surface area contributed by atoms with Gasteiger partial charge in [0.25, 0.3) is 5.79 Å². The predicted octanol–water partition coefficient (Wildman–Crippen LogP) is 2.31. The van der Waals surface area contributed by atoms with Crippen LogP contribution < -0.4 is 4.74 Å². The maximum Gasteiger partial charge on any atom is 0.329 e. The third-order valence-electron chi connectivity index (χ3n) is 3.77. The van der Waals surface area contributed by atoms with Crippen molar-refractivity contribution in [3.8, 4) is 5.75 Å². The van der Waals surface area contributed by atoms with E-state index in [4.69, 9.17) is 14.2 Å². The number of pyridine rings is 1. The van der Waals surface area contributed by atoms with Gasteiger partial charge in [0.15, 0.2) is 11.7 Å². The normalized spacial score (nSPS) is 17.0. The van der Waals surface area contributed by atoms with Crippen molar-refractivity contribution in [3.05, 3.63) is 34.5 Å². The molecular weight excluding hydrogens is 358 g/mol. The van der Waals surface area contributed by atoms with Gasteiger partial charge in [-0.15, -0.1) is 0 Å². The summed E-state index contributed by atoms with van der Waals surface area (Å²) in [6, 6.07) is 4.36. The quantitative estimate of drug-likeness (QED) is 0.262. The molecule has 0 radical (unpaired) electrons. The van der Waals surface area contributed by atoms with Gasteiger partial charge in [0.2, 0.25) is 0 Å². The predicted molar refractivity (Wildman–Crippen MR) is 92.9 cm³/mol. The highest BCUT2D eigenvalue weighted by Crippen LogP contribution is 2.40. The van der Waals surface area contributed by atoms with Gasteiger partial charge in [-0.25, -0.2) is 0 Å². The van der Waals surface area contributed by atoms with Gasteiger partial charge in [-0.3, -0.25) is 29.7 Å². The Balaban J connectivity index is 2.06. The van der Waals surface area contributed by atoms with Gasteiger partial charge >= 0.3 is 17.6 Å². The average molecular weight is 373 g/mol. The van der Waals surface area contributed by atoms with E-state index in [9.17, 15) is 19.7 Å². The fraction of sp³-hybridized carbons (Fsp3) is 0.294. The second-order valence-electron chi connectivity index (χ2n) is 6.10. The van der Waals surface area contributed by atoms with E-state index in [0.717, 1.165) is 6.21 Å². The largest absolute Gasteiger partial charge is 0.490 e. The molecule has 2 heterocycles. The Labute approximate surface area is 152 Å². The highest BCUT2D eigenvalue weighted by molar-refractivity contribution is 6.11. The fourth-order valence-corrected chi connectivity index (χ4v) is 2.64. The molecule has 3 rings (SSSR count). The van der Waals surface area contributed by atoms with Crippen molar-refractivity contribution in [3.63, 3.8) is 0 Å². The lowest BCUT2D eigenvalue weighted by Crippen LogP contribution is -2.46. The first-order valence-electron chi connectivity index (χ1n) is 7.83. The van der Waals surface area contributed by atoms with Gasteiger partial charge in [0, 0.05) is 32.3 Å². The molecule has 1 aromatic carbocycles. The van der Waals surface area contributed by atoms with E-state index < -0.39 is 28.6 Å². The number of methoxy groups -OCH3 is 1. The number of carbonyl (C=O) groups is 2. The SMILES string of the molecule is COc1cc(N=CC2C(=O)OC(C)(C)OC2=O)c2ncccc2c1[N+](=O)[O-]. The number of hydrogen-bond acceptors (Lipinski definition) is 9. The molecule has 0 atom stereocenters. The molecule has 0 aliphatic carbocycles. The number of aliphatic imine (C=N–C) groups is 1. The standard InChI is InChI=1S/C17H15N3O7/c1-17(2)26-15(21)10(16(22)27-17)8-19-11-7-12(25-3)14(20(23)24)9-5-4-6-18-13(9)11/h4-8,10H,1-3H3. The summed E-state index contributed by atoms with van der Waals surface area (Å²) in [5.74, 6) is -4.32. The van der Waals surface area contributed by atoms with Crippen LogP contribution in [0.2, 0.25) is 0 Å². The first-order valence-corrected chi connectivity index (χ1v) is 7.83. The summed E-state index contributed by atoms with van der Waals surface area (Å²) >= 11 is 0. The van der Waals surface area contributed by atoms with Crippen molar-refractivity contribution in [2.24, 2.45) is 10.9 Å². The molecule has 2 aromatic rings. The molecule has 0 spiro atoms. The third kappa shape index (κ3) is 3.41. The summed E-state index contributed by atoms with van der Waals surface area (Å²) in [6.07, 6.45) is 2.51. The summed E-state index contributed by atoms with van der Waals surface area (Å²) in [5, 5.41) is 11.6. The smallest absolute Gasteiger partial charge is 0.329 e. The number of ether oxygens (including phenoxy) is 3. The Morgan fingerprint density at radius 3 is 2.59 bits per heavy atom. The molecule has 10 nitrogen and oxygen atoms in total. The average Bonchev–Trinajstić information content (AvgIpc) is 2.58. The van der Waals surface area contributed by atoms with Crippen LogP contribution in [-0.4, -0.2) is 41.0 Å². The molecular formula is C17H15N3O7. The number of benzene rings is 1. The Kier molecular flexibility index (Phi) is 4.48. The number of rotatable bonds is 4. The van der Waals surface area contributed by atoms with E-state index in [2.05, 4.69) is 9.98 Å². The van der Waals surface area contributed by atoms with Crippen molar-refractivity contribution >= 4 is 40.4 Å². The van der Waals surface area contributed by atoms with Crippen LogP contribution in [0.15, 0.2) is 29.4 Å². The maximum absolute atomic E-state index is 12.0.